The first-order valence-corrected chi connectivity index (χ1v) is 10.5. The number of hydrogen-bond donors (Lipinski definition) is 0. The van der Waals surface area contributed by atoms with Crippen LogP contribution in [0.25, 0.3) is 0 Å². The first kappa shape index (κ1) is 19.6. The molecule has 2 atom stereocenters. The van der Waals surface area contributed by atoms with E-state index >= 15 is 0 Å². The summed E-state index contributed by atoms with van der Waals surface area (Å²) in [6.45, 7) is 0. The van der Waals surface area contributed by atoms with Crippen molar-refractivity contribution in [3.8, 4) is 11.5 Å². The molecule has 3 aromatic rings. The van der Waals surface area contributed by atoms with Crippen molar-refractivity contribution in [3.05, 3.63) is 98.0 Å². The van der Waals surface area contributed by atoms with Gasteiger partial charge in [-0.25, -0.2) is 5.01 Å². The molecule has 0 radical (unpaired) electrons. The van der Waals surface area contributed by atoms with Gasteiger partial charge in [0.2, 0.25) is 6.23 Å². The van der Waals surface area contributed by atoms with E-state index in [-0.39, 0.29) is 11.7 Å². The molecular weight excluding hydrogens is 462 g/mol. The molecule has 156 valence electrons. The predicted octanol–water partition coefficient (Wildman–Crippen LogP) is 5.61. The number of halogens is 1. The Morgan fingerprint density at radius 1 is 1.16 bits per heavy atom. The van der Waals surface area contributed by atoms with Crippen molar-refractivity contribution in [2.45, 2.75) is 18.7 Å². The average Bonchev–Trinajstić information content (AvgIpc) is 3.24. The topological polar surface area (TPSA) is 77.2 Å². The van der Waals surface area contributed by atoms with E-state index in [0.717, 1.165) is 26.9 Å². The van der Waals surface area contributed by atoms with Gasteiger partial charge in [0.15, 0.2) is 11.5 Å². The second kappa shape index (κ2) is 7.70. The molecule has 2 aliphatic heterocycles. The Morgan fingerprint density at radius 2 is 1.90 bits per heavy atom. The standard InChI is InChI=1S/C23H18BrN3O4/c1-30-21-12-16(24)11-18-20-13-19(14-5-3-2-4-6-14)25-26(20)23(31-22(18)21)15-7-9-17(10-8-15)27(28)29/h2-12,20,23H,13H2,1H3/t20-,23+/m0/s1. The van der Waals surface area contributed by atoms with Crippen LogP contribution in [-0.4, -0.2) is 22.8 Å². The molecule has 0 saturated carbocycles. The fourth-order valence-electron chi connectivity index (χ4n) is 4.06. The molecule has 8 heteroatoms. The maximum Gasteiger partial charge on any atom is 0.269 e. The summed E-state index contributed by atoms with van der Waals surface area (Å²) in [5.74, 6) is 1.30. The Balaban J connectivity index is 1.62. The summed E-state index contributed by atoms with van der Waals surface area (Å²) in [7, 11) is 1.61. The predicted molar refractivity (Wildman–Crippen MR) is 119 cm³/mol. The van der Waals surface area contributed by atoms with Gasteiger partial charge in [-0.3, -0.25) is 10.1 Å². The molecule has 0 unspecified atom stereocenters. The van der Waals surface area contributed by atoms with Crippen LogP contribution in [0.5, 0.6) is 11.5 Å². The Bertz CT molecular complexity index is 1180. The zero-order valence-corrected chi connectivity index (χ0v) is 18.2. The van der Waals surface area contributed by atoms with E-state index in [9.17, 15) is 10.1 Å². The van der Waals surface area contributed by atoms with E-state index in [1.807, 2.05) is 47.5 Å². The Hall–Kier alpha value is -3.39. The van der Waals surface area contributed by atoms with Gasteiger partial charge in [-0.2, -0.15) is 5.10 Å². The summed E-state index contributed by atoms with van der Waals surface area (Å²) >= 11 is 3.57. The number of fused-ring (bicyclic) bond motifs is 3. The first-order chi connectivity index (χ1) is 15.0. The first-order valence-electron chi connectivity index (χ1n) is 9.75. The lowest BCUT2D eigenvalue weighted by molar-refractivity contribution is -0.384. The summed E-state index contributed by atoms with van der Waals surface area (Å²) < 4.78 is 12.9. The Labute approximate surface area is 187 Å². The Morgan fingerprint density at radius 3 is 2.58 bits per heavy atom. The molecule has 0 fully saturated rings. The number of nitro benzene ring substituents is 1. The lowest BCUT2D eigenvalue weighted by Crippen LogP contribution is -2.34. The van der Waals surface area contributed by atoms with Gasteiger partial charge in [-0.15, -0.1) is 0 Å². The molecule has 7 nitrogen and oxygen atoms in total. The molecule has 0 aliphatic carbocycles. The smallest absolute Gasteiger partial charge is 0.269 e. The molecule has 0 N–H and O–H groups in total. The quantitative estimate of drug-likeness (QED) is 0.359. The molecule has 0 amide bonds. The van der Waals surface area contributed by atoms with Crippen molar-refractivity contribution in [2.75, 3.05) is 7.11 Å². The summed E-state index contributed by atoms with van der Waals surface area (Å²) in [4.78, 5) is 10.7. The van der Waals surface area contributed by atoms with Crippen molar-refractivity contribution in [2.24, 2.45) is 5.10 Å². The van der Waals surface area contributed by atoms with Crippen LogP contribution in [0.4, 0.5) is 5.69 Å². The summed E-state index contributed by atoms with van der Waals surface area (Å²) in [6, 6.07) is 20.3. The van der Waals surface area contributed by atoms with Gasteiger partial charge in [0.05, 0.1) is 23.8 Å². The molecule has 0 spiro atoms. The van der Waals surface area contributed by atoms with E-state index in [2.05, 4.69) is 15.9 Å². The number of hydrazone groups is 1. The van der Waals surface area contributed by atoms with Crippen molar-refractivity contribution in [1.82, 2.24) is 5.01 Å². The van der Waals surface area contributed by atoms with Crippen LogP contribution >= 0.6 is 15.9 Å². The van der Waals surface area contributed by atoms with E-state index in [4.69, 9.17) is 14.6 Å². The van der Waals surface area contributed by atoms with E-state index in [1.165, 1.54) is 12.1 Å². The van der Waals surface area contributed by atoms with Gasteiger partial charge in [-0.05, 0) is 29.8 Å². The van der Waals surface area contributed by atoms with Gasteiger partial charge >= 0.3 is 0 Å². The van der Waals surface area contributed by atoms with Crippen LogP contribution < -0.4 is 9.47 Å². The highest BCUT2D eigenvalue weighted by Crippen LogP contribution is 2.51. The zero-order valence-electron chi connectivity index (χ0n) is 16.6. The van der Waals surface area contributed by atoms with Gasteiger partial charge in [0.25, 0.3) is 5.69 Å². The second-order valence-electron chi connectivity index (χ2n) is 7.36. The maximum absolute atomic E-state index is 11.1. The fourth-order valence-corrected chi connectivity index (χ4v) is 4.52. The number of ether oxygens (including phenoxy) is 2. The number of non-ortho nitro benzene ring substituents is 1. The van der Waals surface area contributed by atoms with Crippen molar-refractivity contribution < 1.29 is 14.4 Å². The van der Waals surface area contributed by atoms with Crippen molar-refractivity contribution >= 4 is 27.3 Å². The number of methoxy groups -OCH3 is 1. The van der Waals surface area contributed by atoms with E-state index < -0.39 is 11.2 Å². The highest BCUT2D eigenvalue weighted by Gasteiger charge is 2.42. The maximum atomic E-state index is 11.1. The minimum absolute atomic E-state index is 0.0351. The molecule has 2 aliphatic rings. The van der Waals surface area contributed by atoms with Crippen LogP contribution in [0.15, 0.2) is 76.3 Å². The molecule has 0 bridgehead atoms. The lowest BCUT2D eigenvalue weighted by atomic mass is 9.95. The molecule has 0 aromatic heterocycles. The van der Waals surface area contributed by atoms with Crippen LogP contribution in [0.1, 0.15) is 35.4 Å². The molecular formula is C23H18BrN3O4. The third-order valence-electron chi connectivity index (χ3n) is 5.54. The van der Waals surface area contributed by atoms with Gasteiger partial charge in [-0.1, -0.05) is 46.3 Å². The van der Waals surface area contributed by atoms with Crippen LogP contribution in [-0.2, 0) is 0 Å². The highest BCUT2D eigenvalue weighted by molar-refractivity contribution is 9.10. The van der Waals surface area contributed by atoms with E-state index in [0.29, 0.717) is 17.9 Å². The van der Waals surface area contributed by atoms with Gasteiger partial charge in [0, 0.05) is 34.2 Å². The second-order valence-corrected chi connectivity index (χ2v) is 8.27. The van der Waals surface area contributed by atoms with Crippen LogP contribution in [0.2, 0.25) is 0 Å². The number of rotatable bonds is 4. The largest absolute Gasteiger partial charge is 0.493 e. The SMILES string of the molecule is COc1cc(Br)cc2c1O[C@H](c1ccc([N+](=O)[O-])cc1)N1N=C(c3ccccc3)C[C@@H]21. The number of nitrogens with zero attached hydrogens (tertiary/aromatic N) is 3. The number of benzene rings is 3. The molecule has 31 heavy (non-hydrogen) atoms. The van der Waals surface area contributed by atoms with Crippen molar-refractivity contribution in [1.29, 1.82) is 0 Å². The van der Waals surface area contributed by atoms with Crippen LogP contribution in [0, 0.1) is 10.1 Å². The number of hydrogen-bond acceptors (Lipinski definition) is 6. The molecule has 5 rings (SSSR count). The minimum atomic E-state index is -0.533. The normalized spacial score (nSPS) is 19.2. The third kappa shape index (κ3) is 3.42. The van der Waals surface area contributed by atoms with Gasteiger partial charge < -0.3 is 9.47 Å². The lowest BCUT2D eigenvalue weighted by Gasteiger charge is -2.38. The average molecular weight is 480 g/mol. The van der Waals surface area contributed by atoms with Crippen molar-refractivity contribution in [3.63, 3.8) is 0 Å². The summed E-state index contributed by atoms with van der Waals surface area (Å²) in [6.07, 6.45) is 0.179. The highest BCUT2D eigenvalue weighted by atomic mass is 79.9. The van der Waals surface area contributed by atoms with Gasteiger partial charge in [0.1, 0.15) is 0 Å². The van der Waals surface area contributed by atoms with Crippen LogP contribution in [0.3, 0.4) is 0 Å². The van der Waals surface area contributed by atoms with E-state index in [1.54, 1.807) is 19.2 Å². The molecule has 0 saturated heterocycles. The Kier molecular flexibility index (Phi) is 4.86. The molecule has 3 aromatic carbocycles. The summed E-state index contributed by atoms with van der Waals surface area (Å²) in [5, 5.41) is 17.9. The monoisotopic (exact) mass is 479 g/mol. The molecule has 2 heterocycles. The summed E-state index contributed by atoms with van der Waals surface area (Å²) in [5.41, 5.74) is 3.83. The minimum Gasteiger partial charge on any atom is -0.493 e. The third-order valence-corrected chi connectivity index (χ3v) is 5.99. The fraction of sp³-hybridized carbons (Fsp3) is 0.174. The number of nitro groups is 1. The zero-order chi connectivity index (χ0) is 21.5.